The minimum atomic E-state index is 0.285. The summed E-state index contributed by atoms with van der Waals surface area (Å²) in [5.74, 6) is 2.61. The molecule has 30 heavy (non-hydrogen) atoms. The topological polar surface area (TPSA) is 62.1 Å². The van der Waals surface area contributed by atoms with E-state index in [1.165, 1.54) is 6.42 Å². The van der Waals surface area contributed by atoms with Gasteiger partial charge in [0.25, 0.3) is 0 Å². The Bertz CT molecular complexity index is 827. The first-order valence-electron chi connectivity index (χ1n) is 11.0. The molecule has 1 aromatic heterocycles. The molecule has 0 bridgehead atoms. The predicted octanol–water partition coefficient (Wildman–Crippen LogP) is 2.87. The molecular weight excluding hydrogens is 380 g/mol. The number of piperazine rings is 1. The Morgan fingerprint density at radius 3 is 2.53 bits per heavy atom. The lowest BCUT2D eigenvalue weighted by Crippen LogP contribution is -2.51. The van der Waals surface area contributed by atoms with E-state index in [0.29, 0.717) is 19.1 Å². The largest absolute Gasteiger partial charge is 0.497 e. The molecule has 4 rings (SSSR count). The number of benzene rings is 1. The van der Waals surface area contributed by atoms with Crippen LogP contribution < -0.4 is 4.74 Å². The van der Waals surface area contributed by atoms with Gasteiger partial charge in [-0.2, -0.15) is 0 Å². The number of carbonyl (C=O) groups excluding carboxylic acids is 1. The van der Waals surface area contributed by atoms with E-state index in [1.54, 1.807) is 13.3 Å². The third kappa shape index (κ3) is 5.02. The quantitative estimate of drug-likeness (QED) is 0.727. The van der Waals surface area contributed by atoms with Crippen LogP contribution in [0, 0.1) is 0 Å². The third-order valence-corrected chi connectivity index (χ3v) is 6.23. The van der Waals surface area contributed by atoms with Gasteiger partial charge in [-0.3, -0.25) is 14.6 Å². The van der Waals surface area contributed by atoms with E-state index >= 15 is 0 Å². The summed E-state index contributed by atoms with van der Waals surface area (Å²) >= 11 is 0. The molecule has 0 saturated carbocycles. The highest BCUT2D eigenvalue weighted by atomic mass is 16.5. The van der Waals surface area contributed by atoms with E-state index in [-0.39, 0.29) is 5.91 Å². The molecular formula is C23H32N4O3. The minimum Gasteiger partial charge on any atom is -0.497 e. The van der Waals surface area contributed by atoms with Crippen molar-refractivity contribution in [1.29, 1.82) is 0 Å². The Morgan fingerprint density at radius 1 is 1.10 bits per heavy atom. The van der Waals surface area contributed by atoms with Crippen LogP contribution in [0.1, 0.15) is 32.1 Å². The molecule has 7 nitrogen and oxygen atoms in total. The van der Waals surface area contributed by atoms with Crippen LogP contribution in [0.5, 0.6) is 5.75 Å². The second kappa shape index (κ2) is 9.62. The van der Waals surface area contributed by atoms with Gasteiger partial charge in [0.2, 0.25) is 11.8 Å². The van der Waals surface area contributed by atoms with Crippen LogP contribution >= 0.6 is 0 Å². The van der Waals surface area contributed by atoms with Gasteiger partial charge in [0.1, 0.15) is 5.75 Å². The average Bonchev–Trinajstić information content (AvgIpc) is 3.24. The number of hydrogen-bond donors (Lipinski definition) is 0. The van der Waals surface area contributed by atoms with Crippen LogP contribution in [0.3, 0.4) is 0 Å². The molecule has 2 fully saturated rings. The molecule has 2 saturated heterocycles. The minimum absolute atomic E-state index is 0.285. The molecule has 0 aliphatic carbocycles. The molecule has 3 heterocycles. The Hall–Kier alpha value is -2.38. The first kappa shape index (κ1) is 20.9. The number of amides is 1. The lowest BCUT2D eigenvalue weighted by molar-refractivity contribution is -0.136. The Labute approximate surface area is 178 Å². The second-order valence-electron chi connectivity index (χ2n) is 8.33. The number of likely N-dealkylation sites (tertiary alicyclic amines) is 1. The second-order valence-corrected chi connectivity index (χ2v) is 8.33. The zero-order chi connectivity index (χ0) is 20.9. The van der Waals surface area contributed by atoms with Crippen molar-refractivity contribution in [3.63, 3.8) is 0 Å². The van der Waals surface area contributed by atoms with Crippen LogP contribution in [-0.4, -0.2) is 78.0 Å². The van der Waals surface area contributed by atoms with Gasteiger partial charge in [-0.25, -0.2) is 4.98 Å². The van der Waals surface area contributed by atoms with E-state index in [2.05, 4.69) is 26.6 Å². The average molecular weight is 413 g/mol. The number of methoxy groups -OCH3 is 1. The molecule has 2 aliphatic rings. The summed E-state index contributed by atoms with van der Waals surface area (Å²) in [6.07, 6.45) is 5.29. The van der Waals surface area contributed by atoms with Gasteiger partial charge in [0, 0.05) is 44.3 Å². The molecule has 1 atom stereocenters. The summed E-state index contributed by atoms with van der Waals surface area (Å²) in [7, 11) is 1.66. The van der Waals surface area contributed by atoms with E-state index in [9.17, 15) is 4.79 Å². The third-order valence-electron chi connectivity index (χ3n) is 6.23. The van der Waals surface area contributed by atoms with Crippen molar-refractivity contribution in [3.05, 3.63) is 36.4 Å². The number of oxazole rings is 1. The fraction of sp³-hybridized carbons (Fsp3) is 0.565. The zero-order valence-corrected chi connectivity index (χ0v) is 18.0. The number of hydrogen-bond acceptors (Lipinski definition) is 6. The van der Waals surface area contributed by atoms with Crippen molar-refractivity contribution in [2.45, 2.75) is 38.8 Å². The van der Waals surface area contributed by atoms with Crippen molar-refractivity contribution in [2.75, 3.05) is 46.4 Å². The maximum atomic E-state index is 12.7. The van der Waals surface area contributed by atoms with E-state index in [4.69, 9.17) is 9.15 Å². The molecule has 1 unspecified atom stereocenters. The van der Waals surface area contributed by atoms with E-state index in [0.717, 1.165) is 68.5 Å². The predicted molar refractivity (Wildman–Crippen MR) is 115 cm³/mol. The highest BCUT2D eigenvalue weighted by Gasteiger charge is 2.26. The fourth-order valence-electron chi connectivity index (χ4n) is 4.32. The van der Waals surface area contributed by atoms with Crippen molar-refractivity contribution in [3.8, 4) is 17.1 Å². The number of carbonyl (C=O) groups is 1. The van der Waals surface area contributed by atoms with Crippen LogP contribution in [-0.2, 0) is 11.3 Å². The van der Waals surface area contributed by atoms with Gasteiger partial charge in [-0.1, -0.05) is 0 Å². The van der Waals surface area contributed by atoms with E-state index < -0.39 is 0 Å². The molecule has 162 valence electrons. The first-order chi connectivity index (χ1) is 14.6. The summed E-state index contributed by atoms with van der Waals surface area (Å²) in [6, 6.07) is 8.17. The SMILES string of the molecule is COc1ccc(-c2cnc(CN3CCN(CC(=O)N4CCCCC4C)CC3)o2)cc1. The van der Waals surface area contributed by atoms with Crippen molar-refractivity contribution in [2.24, 2.45) is 0 Å². The monoisotopic (exact) mass is 412 g/mol. The Kier molecular flexibility index (Phi) is 6.69. The summed E-state index contributed by atoms with van der Waals surface area (Å²) < 4.78 is 11.2. The van der Waals surface area contributed by atoms with Crippen LogP contribution in [0.2, 0.25) is 0 Å². The number of piperidine rings is 1. The van der Waals surface area contributed by atoms with Crippen molar-refractivity contribution in [1.82, 2.24) is 19.7 Å². The van der Waals surface area contributed by atoms with E-state index in [1.807, 2.05) is 24.3 Å². The molecule has 0 radical (unpaired) electrons. The lowest BCUT2D eigenvalue weighted by Gasteiger charge is -2.37. The molecule has 0 spiro atoms. The lowest BCUT2D eigenvalue weighted by atomic mass is 10.0. The summed E-state index contributed by atoms with van der Waals surface area (Å²) in [6.45, 7) is 7.97. The van der Waals surface area contributed by atoms with Gasteiger partial charge in [0.05, 0.1) is 26.4 Å². The molecule has 1 aromatic carbocycles. The maximum Gasteiger partial charge on any atom is 0.236 e. The highest BCUT2D eigenvalue weighted by Crippen LogP contribution is 2.24. The summed E-state index contributed by atoms with van der Waals surface area (Å²) in [4.78, 5) is 23.8. The summed E-state index contributed by atoms with van der Waals surface area (Å²) in [5, 5.41) is 0. The Morgan fingerprint density at radius 2 is 1.83 bits per heavy atom. The van der Waals surface area contributed by atoms with Gasteiger partial charge < -0.3 is 14.1 Å². The number of nitrogens with zero attached hydrogens (tertiary/aromatic N) is 4. The zero-order valence-electron chi connectivity index (χ0n) is 18.0. The molecule has 7 heteroatoms. The molecule has 0 N–H and O–H groups in total. The van der Waals surface area contributed by atoms with Crippen molar-refractivity contribution >= 4 is 5.91 Å². The summed E-state index contributed by atoms with van der Waals surface area (Å²) in [5.41, 5.74) is 0.991. The standard InChI is InChI=1S/C23H32N4O3/c1-18-5-3-4-10-27(18)23(28)17-26-13-11-25(12-14-26)16-22-24-15-21(30-22)19-6-8-20(29-2)9-7-19/h6-9,15,18H,3-5,10-14,16-17H2,1-2H3. The molecule has 1 amide bonds. The smallest absolute Gasteiger partial charge is 0.236 e. The maximum absolute atomic E-state index is 12.7. The number of aromatic nitrogens is 1. The Balaban J connectivity index is 1.25. The first-order valence-corrected chi connectivity index (χ1v) is 11.0. The van der Waals surface area contributed by atoms with Crippen LogP contribution in [0.4, 0.5) is 0 Å². The molecule has 2 aromatic rings. The highest BCUT2D eigenvalue weighted by molar-refractivity contribution is 5.78. The van der Waals surface area contributed by atoms with Crippen LogP contribution in [0.25, 0.3) is 11.3 Å². The van der Waals surface area contributed by atoms with Crippen LogP contribution in [0.15, 0.2) is 34.9 Å². The van der Waals surface area contributed by atoms with Gasteiger partial charge >= 0.3 is 0 Å². The van der Waals surface area contributed by atoms with Gasteiger partial charge in [-0.15, -0.1) is 0 Å². The van der Waals surface area contributed by atoms with Gasteiger partial charge in [0.15, 0.2) is 5.76 Å². The number of ether oxygens (including phenoxy) is 1. The number of rotatable bonds is 6. The van der Waals surface area contributed by atoms with Crippen molar-refractivity contribution < 1.29 is 13.9 Å². The fourth-order valence-corrected chi connectivity index (χ4v) is 4.32. The van der Waals surface area contributed by atoms with Gasteiger partial charge in [-0.05, 0) is 50.5 Å². The normalized spacial score (nSPS) is 21.0. The molecule has 2 aliphatic heterocycles.